The van der Waals surface area contributed by atoms with E-state index in [2.05, 4.69) is 25.3 Å². The SMILES string of the molecule is Cc1ccc(-c2nc3nc(N4CCOCC4)oc3cc2NC(=O)Cc2coc(-c3ccnc(C)c3)n2)nc1. The molecule has 1 aliphatic heterocycles. The van der Waals surface area contributed by atoms with Crippen LogP contribution in [-0.4, -0.2) is 57.1 Å². The predicted molar refractivity (Wildman–Crippen MR) is 140 cm³/mol. The number of nitrogens with zero attached hydrogens (tertiary/aromatic N) is 6. The number of fused-ring (bicyclic) bond motifs is 1. The van der Waals surface area contributed by atoms with Gasteiger partial charge in [0.25, 0.3) is 6.01 Å². The van der Waals surface area contributed by atoms with Crippen molar-refractivity contribution in [1.82, 2.24) is 24.9 Å². The molecule has 11 nitrogen and oxygen atoms in total. The van der Waals surface area contributed by atoms with Crippen LogP contribution in [0.15, 0.2) is 57.8 Å². The fourth-order valence-corrected chi connectivity index (χ4v) is 4.20. The molecule has 1 amide bonds. The Morgan fingerprint density at radius 1 is 1.05 bits per heavy atom. The van der Waals surface area contributed by atoms with Crippen LogP contribution in [0.2, 0.25) is 0 Å². The maximum atomic E-state index is 13.1. The number of oxazole rings is 2. The van der Waals surface area contributed by atoms with E-state index in [9.17, 15) is 4.79 Å². The van der Waals surface area contributed by atoms with Gasteiger partial charge in [-0.1, -0.05) is 6.07 Å². The lowest BCUT2D eigenvalue weighted by molar-refractivity contribution is -0.115. The smallest absolute Gasteiger partial charge is 0.300 e. The fraction of sp³-hybridized carbons (Fsp3) is 0.259. The molecule has 0 aliphatic carbocycles. The second-order valence-corrected chi connectivity index (χ2v) is 9.08. The summed E-state index contributed by atoms with van der Waals surface area (Å²) in [6, 6.07) is 9.71. The van der Waals surface area contributed by atoms with Crippen molar-refractivity contribution in [2.45, 2.75) is 20.3 Å². The van der Waals surface area contributed by atoms with Gasteiger partial charge in [-0.3, -0.25) is 14.8 Å². The summed E-state index contributed by atoms with van der Waals surface area (Å²) in [7, 11) is 0. The molecular formula is C27H25N7O4. The average molecular weight is 512 g/mol. The second-order valence-electron chi connectivity index (χ2n) is 9.08. The van der Waals surface area contributed by atoms with E-state index in [1.807, 2.05) is 43.0 Å². The molecular weight excluding hydrogens is 486 g/mol. The summed E-state index contributed by atoms with van der Waals surface area (Å²) in [6.07, 6.45) is 4.95. The van der Waals surface area contributed by atoms with Crippen LogP contribution in [0.3, 0.4) is 0 Å². The zero-order chi connectivity index (χ0) is 26.1. The third-order valence-corrected chi connectivity index (χ3v) is 6.12. The van der Waals surface area contributed by atoms with Crippen molar-refractivity contribution in [3.63, 3.8) is 0 Å². The van der Waals surface area contributed by atoms with Gasteiger partial charge >= 0.3 is 0 Å². The van der Waals surface area contributed by atoms with Crippen molar-refractivity contribution in [2.75, 3.05) is 36.5 Å². The van der Waals surface area contributed by atoms with Crippen LogP contribution in [-0.2, 0) is 16.0 Å². The number of anilines is 2. The van der Waals surface area contributed by atoms with Crippen LogP contribution >= 0.6 is 0 Å². The van der Waals surface area contributed by atoms with Crippen molar-refractivity contribution < 1.29 is 18.4 Å². The van der Waals surface area contributed by atoms with E-state index in [1.165, 1.54) is 6.26 Å². The van der Waals surface area contributed by atoms with Crippen LogP contribution in [0.5, 0.6) is 0 Å². The third-order valence-electron chi connectivity index (χ3n) is 6.12. The normalized spacial score (nSPS) is 13.7. The predicted octanol–water partition coefficient (Wildman–Crippen LogP) is 3.97. The van der Waals surface area contributed by atoms with Crippen molar-refractivity contribution in [3.05, 3.63) is 65.9 Å². The summed E-state index contributed by atoms with van der Waals surface area (Å²) in [5, 5.41) is 2.96. The highest BCUT2D eigenvalue weighted by molar-refractivity contribution is 5.97. The molecule has 5 aromatic heterocycles. The number of morpholine rings is 1. The number of carbonyl (C=O) groups excluding carboxylic acids is 1. The lowest BCUT2D eigenvalue weighted by Crippen LogP contribution is -2.36. The van der Waals surface area contributed by atoms with Gasteiger partial charge in [-0.05, 0) is 37.6 Å². The zero-order valence-corrected chi connectivity index (χ0v) is 21.0. The first-order valence-corrected chi connectivity index (χ1v) is 12.3. The first-order valence-electron chi connectivity index (χ1n) is 12.3. The van der Waals surface area contributed by atoms with E-state index in [0.29, 0.717) is 72.2 Å². The van der Waals surface area contributed by atoms with E-state index >= 15 is 0 Å². The molecule has 0 radical (unpaired) electrons. The van der Waals surface area contributed by atoms with E-state index in [4.69, 9.17) is 18.6 Å². The quantitative estimate of drug-likeness (QED) is 0.357. The number of amides is 1. The van der Waals surface area contributed by atoms with Gasteiger partial charge < -0.3 is 23.8 Å². The molecule has 6 heterocycles. The molecule has 0 bridgehead atoms. The van der Waals surface area contributed by atoms with Crippen LogP contribution < -0.4 is 10.2 Å². The van der Waals surface area contributed by atoms with Gasteiger partial charge in [-0.2, -0.15) is 4.98 Å². The largest absolute Gasteiger partial charge is 0.444 e. The topological polar surface area (TPSA) is 132 Å². The number of aromatic nitrogens is 5. The lowest BCUT2D eigenvalue weighted by atomic mass is 10.1. The van der Waals surface area contributed by atoms with Crippen LogP contribution in [0.4, 0.5) is 11.7 Å². The number of hydrogen-bond acceptors (Lipinski definition) is 10. The minimum Gasteiger partial charge on any atom is -0.444 e. The number of aryl methyl sites for hydroxylation is 2. The summed E-state index contributed by atoms with van der Waals surface area (Å²) in [6.45, 7) is 6.43. The first kappa shape index (κ1) is 23.7. The number of pyridine rings is 3. The molecule has 0 atom stereocenters. The summed E-state index contributed by atoms with van der Waals surface area (Å²) in [5.41, 5.74) is 5.66. The average Bonchev–Trinajstić information content (AvgIpc) is 3.56. The molecule has 38 heavy (non-hydrogen) atoms. The first-order chi connectivity index (χ1) is 18.5. The van der Waals surface area contributed by atoms with Gasteiger partial charge in [0.1, 0.15) is 12.0 Å². The van der Waals surface area contributed by atoms with E-state index < -0.39 is 0 Å². The molecule has 5 aromatic rings. The number of ether oxygens (including phenoxy) is 1. The van der Waals surface area contributed by atoms with E-state index in [0.717, 1.165) is 16.8 Å². The fourth-order valence-electron chi connectivity index (χ4n) is 4.20. The van der Waals surface area contributed by atoms with Crippen LogP contribution in [0.25, 0.3) is 34.1 Å². The molecule has 11 heteroatoms. The molecule has 1 saturated heterocycles. The Kier molecular flexibility index (Phi) is 6.26. The third kappa shape index (κ3) is 4.96. The molecule has 0 saturated carbocycles. The van der Waals surface area contributed by atoms with Crippen molar-refractivity contribution in [2.24, 2.45) is 0 Å². The number of hydrogen-bond donors (Lipinski definition) is 1. The molecule has 0 spiro atoms. The van der Waals surface area contributed by atoms with Gasteiger partial charge in [0, 0.05) is 42.8 Å². The molecule has 192 valence electrons. The van der Waals surface area contributed by atoms with E-state index in [-0.39, 0.29) is 12.3 Å². The van der Waals surface area contributed by atoms with Crippen molar-refractivity contribution >= 4 is 28.8 Å². The highest BCUT2D eigenvalue weighted by Crippen LogP contribution is 2.31. The Labute approximate surface area is 217 Å². The van der Waals surface area contributed by atoms with Crippen LogP contribution in [0.1, 0.15) is 17.0 Å². The lowest BCUT2D eigenvalue weighted by Gasteiger charge is -2.24. The second kappa shape index (κ2) is 10.0. The molecule has 1 N–H and O–H groups in total. The molecule has 1 fully saturated rings. The Hall–Kier alpha value is -4.64. The van der Waals surface area contributed by atoms with Gasteiger partial charge in [0.15, 0.2) is 5.58 Å². The van der Waals surface area contributed by atoms with Gasteiger partial charge in [0.2, 0.25) is 17.4 Å². The Bertz CT molecular complexity index is 1600. The highest BCUT2D eigenvalue weighted by atomic mass is 16.5. The maximum absolute atomic E-state index is 13.1. The number of rotatable bonds is 6. The highest BCUT2D eigenvalue weighted by Gasteiger charge is 2.21. The summed E-state index contributed by atoms with van der Waals surface area (Å²) >= 11 is 0. The Morgan fingerprint density at radius 3 is 2.71 bits per heavy atom. The maximum Gasteiger partial charge on any atom is 0.300 e. The minimum absolute atomic E-state index is 0.0157. The Morgan fingerprint density at radius 2 is 1.92 bits per heavy atom. The summed E-state index contributed by atoms with van der Waals surface area (Å²) < 4.78 is 17.0. The minimum atomic E-state index is -0.279. The number of carbonyl (C=O) groups is 1. The van der Waals surface area contributed by atoms with Gasteiger partial charge in [-0.25, -0.2) is 9.97 Å². The van der Waals surface area contributed by atoms with Gasteiger partial charge in [0.05, 0.1) is 36.7 Å². The summed E-state index contributed by atoms with van der Waals surface area (Å²) in [4.78, 5) is 37.6. The standard InChI is InChI=1S/C27H25N7O4/c1-16-3-4-20(29-14-16)24-21(13-22-25(32-24)33-27(38-22)34-7-9-36-10-8-34)31-23(35)12-19-15-37-26(30-19)18-5-6-28-17(2)11-18/h3-6,11,13-15H,7-10,12H2,1-2H3,(H,31,35). The number of nitrogens with one attached hydrogen (secondary N) is 1. The van der Waals surface area contributed by atoms with E-state index in [1.54, 1.807) is 18.5 Å². The Balaban J connectivity index is 1.29. The molecule has 1 aliphatic rings. The monoisotopic (exact) mass is 511 g/mol. The summed E-state index contributed by atoms with van der Waals surface area (Å²) in [5.74, 6) is 0.154. The van der Waals surface area contributed by atoms with Crippen molar-refractivity contribution in [1.29, 1.82) is 0 Å². The van der Waals surface area contributed by atoms with Crippen molar-refractivity contribution in [3.8, 4) is 22.8 Å². The molecule has 6 rings (SSSR count). The van der Waals surface area contributed by atoms with Gasteiger partial charge in [-0.15, -0.1) is 0 Å². The molecule has 0 unspecified atom stereocenters. The zero-order valence-electron chi connectivity index (χ0n) is 21.0. The van der Waals surface area contributed by atoms with Crippen LogP contribution in [0, 0.1) is 13.8 Å². The molecule has 0 aromatic carbocycles.